The second-order valence-corrected chi connectivity index (χ2v) is 7.70. The monoisotopic (exact) mass is 430 g/mol. The van der Waals surface area contributed by atoms with Crippen LogP contribution in [0.1, 0.15) is 11.3 Å². The lowest BCUT2D eigenvalue weighted by Gasteiger charge is -2.12. The number of aromatic nitrogens is 5. The Morgan fingerprint density at radius 2 is 1.94 bits per heavy atom. The predicted octanol–water partition coefficient (Wildman–Crippen LogP) is 3.13. The number of nitrogen functional groups attached to an aromatic ring is 1. The third-order valence-corrected chi connectivity index (χ3v) is 5.60. The number of anilines is 1. The minimum absolute atomic E-state index is 0.100. The molecule has 8 nitrogen and oxygen atoms in total. The number of pyridine rings is 1. The number of fused-ring (bicyclic) bond motifs is 2. The van der Waals surface area contributed by atoms with Crippen LogP contribution in [0.15, 0.2) is 53.6 Å². The number of benzene rings is 2. The number of aromatic hydroxyl groups is 1. The lowest BCUT2D eigenvalue weighted by atomic mass is 10.1. The summed E-state index contributed by atoms with van der Waals surface area (Å²) in [4.78, 5) is 21.4. The van der Waals surface area contributed by atoms with Gasteiger partial charge in [-0.05, 0) is 36.1 Å². The summed E-state index contributed by atoms with van der Waals surface area (Å²) in [5, 5.41) is 16.4. The molecule has 0 bridgehead atoms. The summed E-state index contributed by atoms with van der Waals surface area (Å²) in [5.41, 5.74) is 8.75. The van der Waals surface area contributed by atoms with Crippen molar-refractivity contribution in [1.29, 1.82) is 0 Å². The highest BCUT2D eigenvalue weighted by atomic mass is 19.1. The van der Waals surface area contributed by atoms with Crippen molar-refractivity contribution < 1.29 is 9.50 Å². The van der Waals surface area contributed by atoms with Gasteiger partial charge in [0.2, 0.25) is 0 Å². The molecule has 32 heavy (non-hydrogen) atoms. The van der Waals surface area contributed by atoms with Crippen molar-refractivity contribution in [2.45, 2.75) is 13.5 Å². The van der Waals surface area contributed by atoms with Gasteiger partial charge in [-0.15, -0.1) is 0 Å². The third kappa shape index (κ3) is 3.06. The Hall–Kier alpha value is -4.27. The standard InChI is InChI=1S/C23H19FN6O2/c1-12-4-3-5-13-7-16(29(2)23(32)18(12)13)10-30-22-19(21(25)26-11-27-22)20(28-30)14-6-15(24)9-17(31)8-14/h3-9,11,31H,10H2,1-2H3,(H2,25,26,27). The van der Waals surface area contributed by atoms with Crippen LogP contribution >= 0.6 is 0 Å². The number of nitrogens with two attached hydrogens (primary N) is 1. The number of rotatable bonds is 3. The van der Waals surface area contributed by atoms with Gasteiger partial charge < -0.3 is 15.4 Å². The largest absolute Gasteiger partial charge is 0.508 e. The third-order valence-electron chi connectivity index (χ3n) is 5.60. The zero-order valence-electron chi connectivity index (χ0n) is 17.4. The maximum absolute atomic E-state index is 14.0. The van der Waals surface area contributed by atoms with Crippen LogP contribution in [0.2, 0.25) is 0 Å². The van der Waals surface area contributed by atoms with Crippen LogP contribution in [0.4, 0.5) is 10.2 Å². The average molecular weight is 430 g/mol. The fourth-order valence-corrected chi connectivity index (χ4v) is 4.04. The summed E-state index contributed by atoms with van der Waals surface area (Å²) in [6, 6.07) is 11.3. The molecule has 0 spiro atoms. The van der Waals surface area contributed by atoms with Crippen molar-refractivity contribution in [1.82, 2.24) is 24.3 Å². The van der Waals surface area contributed by atoms with E-state index < -0.39 is 5.82 Å². The highest BCUT2D eigenvalue weighted by Crippen LogP contribution is 2.32. The summed E-state index contributed by atoms with van der Waals surface area (Å²) in [6.07, 6.45) is 1.32. The van der Waals surface area contributed by atoms with Crippen LogP contribution in [-0.4, -0.2) is 29.4 Å². The lowest BCUT2D eigenvalue weighted by Crippen LogP contribution is -2.23. The van der Waals surface area contributed by atoms with Gasteiger partial charge in [-0.25, -0.2) is 19.0 Å². The van der Waals surface area contributed by atoms with E-state index in [2.05, 4.69) is 15.1 Å². The summed E-state index contributed by atoms with van der Waals surface area (Å²) in [6.45, 7) is 2.13. The van der Waals surface area contributed by atoms with Crippen molar-refractivity contribution in [2.24, 2.45) is 7.05 Å². The van der Waals surface area contributed by atoms with Gasteiger partial charge in [0.15, 0.2) is 5.65 Å². The van der Waals surface area contributed by atoms with Gasteiger partial charge in [0.05, 0.1) is 17.3 Å². The van der Waals surface area contributed by atoms with Gasteiger partial charge in [0.25, 0.3) is 5.56 Å². The van der Waals surface area contributed by atoms with Gasteiger partial charge >= 0.3 is 0 Å². The number of phenols is 1. The molecule has 2 aromatic carbocycles. The van der Waals surface area contributed by atoms with Crippen molar-refractivity contribution in [3.8, 4) is 17.0 Å². The molecule has 0 aliphatic carbocycles. The number of hydrogen-bond donors (Lipinski definition) is 2. The molecule has 0 unspecified atom stereocenters. The smallest absolute Gasteiger partial charge is 0.258 e. The molecule has 3 aromatic heterocycles. The van der Waals surface area contributed by atoms with E-state index in [0.717, 1.165) is 17.0 Å². The van der Waals surface area contributed by atoms with E-state index in [4.69, 9.17) is 5.73 Å². The van der Waals surface area contributed by atoms with Crippen LogP contribution < -0.4 is 11.3 Å². The first kappa shape index (κ1) is 19.7. The zero-order chi connectivity index (χ0) is 22.6. The number of hydrogen-bond acceptors (Lipinski definition) is 6. The van der Waals surface area contributed by atoms with Crippen LogP contribution in [-0.2, 0) is 13.6 Å². The fraction of sp³-hybridized carbons (Fsp3) is 0.130. The molecule has 0 aliphatic rings. The first-order valence-electron chi connectivity index (χ1n) is 9.88. The van der Waals surface area contributed by atoms with Gasteiger partial charge in [0.1, 0.15) is 29.4 Å². The quantitative estimate of drug-likeness (QED) is 0.455. The second kappa shape index (κ2) is 7.16. The van der Waals surface area contributed by atoms with Gasteiger partial charge in [-0.3, -0.25) is 4.79 Å². The Balaban J connectivity index is 1.72. The highest BCUT2D eigenvalue weighted by Gasteiger charge is 2.19. The summed E-state index contributed by atoms with van der Waals surface area (Å²) in [7, 11) is 1.71. The summed E-state index contributed by atoms with van der Waals surface area (Å²) >= 11 is 0. The molecule has 0 radical (unpaired) electrons. The molecule has 5 rings (SSSR count). The molecule has 0 amide bonds. The molecule has 9 heteroatoms. The molecular weight excluding hydrogens is 411 g/mol. The number of aryl methyl sites for hydroxylation is 1. The van der Waals surface area contributed by atoms with E-state index in [1.165, 1.54) is 18.5 Å². The normalized spacial score (nSPS) is 11.5. The average Bonchev–Trinajstić information content (AvgIpc) is 3.11. The van der Waals surface area contributed by atoms with Gasteiger partial charge in [-0.1, -0.05) is 18.2 Å². The molecule has 0 saturated heterocycles. The SMILES string of the molecule is Cc1cccc2cc(Cn3nc(-c4cc(O)cc(F)c4)c4c(N)ncnc43)n(C)c(=O)c12. The Morgan fingerprint density at radius 1 is 1.12 bits per heavy atom. The molecule has 160 valence electrons. The Labute approximate surface area is 181 Å². The maximum Gasteiger partial charge on any atom is 0.258 e. The Kier molecular flexibility index (Phi) is 4.40. The van der Waals surface area contributed by atoms with Gasteiger partial charge in [-0.2, -0.15) is 5.10 Å². The van der Waals surface area contributed by atoms with Crippen LogP contribution in [0, 0.1) is 12.7 Å². The molecule has 0 saturated carbocycles. The van der Waals surface area contributed by atoms with E-state index in [0.29, 0.717) is 33.4 Å². The van der Waals surface area contributed by atoms with Crippen molar-refractivity contribution in [2.75, 3.05) is 5.73 Å². The van der Waals surface area contributed by atoms with Crippen LogP contribution in [0.5, 0.6) is 5.75 Å². The van der Waals surface area contributed by atoms with Crippen molar-refractivity contribution in [3.63, 3.8) is 0 Å². The van der Waals surface area contributed by atoms with Crippen molar-refractivity contribution in [3.05, 3.63) is 76.2 Å². The lowest BCUT2D eigenvalue weighted by molar-refractivity contribution is 0.469. The Morgan fingerprint density at radius 3 is 2.72 bits per heavy atom. The van der Waals surface area contributed by atoms with E-state index in [1.807, 2.05) is 31.2 Å². The number of halogens is 1. The Bertz CT molecular complexity index is 1570. The molecule has 0 fully saturated rings. The maximum atomic E-state index is 14.0. The minimum Gasteiger partial charge on any atom is -0.508 e. The van der Waals surface area contributed by atoms with Gasteiger partial charge in [0, 0.05) is 24.4 Å². The molecule has 0 aliphatic heterocycles. The van der Waals surface area contributed by atoms with E-state index in [9.17, 15) is 14.3 Å². The summed E-state index contributed by atoms with van der Waals surface area (Å²) < 4.78 is 17.1. The number of phenolic OH excluding ortho intramolecular Hbond substituents is 1. The molecule has 3 N–H and O–H groups in total. The highest BCUT2D eigenvalue weighted by molar-refractivity contribution is 5.98. The summed E-state index contributed by atoms with van der Waals surface area (Å²) in [5.74, 6) is -0.654. The van der Waals surface area contributed by atoms with Crippen molar-refractivity contribution >= 4 is 27.6 Å². The topological polar surface area (TPSA) is 112 Å². The molecular formula is C23H19FN6O2. The first-order valence-corrected chi connectivity index (χ1v) is 9.88. The van der Waals surface area contributed by atoms with E-state index >= 15 is 0 Å². The first-order chi connectivity index (χ1) is 15.3. The second-order valence-electron chi connectivity index (χ2n) is 7.70. The van der Waals surface area contributed by atoms with Crippen LogP contribution in [0.25, 0.3) is 33.1 Å². The molecule has 0 atom stereocenters. The zero-order valence-corrected chi connectivity index (χ0v) is 17.4. The number of nitrogens with zero attached hydrogens (tertiary/aromatic N) is 5. The fourth-order valence-electron chi connectivity index (χ4n) is 4.04. The van der Waals surface area contributed by atoms with Crippen LogP contribution in [0.3, 0.4) is 0 Å². The molecule has 5 aromatic rings. The van der Waals surface area contributed by atoms with E-state index in [-0.39, 0.29) is 23.7 Å². The van der Waals surface area contributed by atoms with E-state index in [1.54, 1.807) is 16.3 Å². The molecule has 3 heterocycles. The minimum atomic E-state index is -0.606. The predicted molar refractivity (Wildman–Crippen MR) is 120 cm³/mol.